The van der Waals surface area contributed by atoms with Crippen LogP contribution in [-0.4, -0.2) is 24.6 Å². The molecule has 0 aliphatic carbocycles. The van der Waals surface area contributed by atoms with Crippen molar-refractivity contribution in [1.29, 1.82) is 0 Å². The summed E-state index contributed by atoms with van der Waals surface area (Å²) in [5, 5.41) is 11.9. The standard InChI is InChI=1S/C12H18BrN3O/c1-3-4-8-16(2)10-7-5-6-9(13)11(10)12(14)15-17/h5-7,17H,3-4,8H2,1-2H3,(H2,14,15). The van der Waals surface area contributed by atoms with Crippen molar-refractivity contribution in [3.8, 4) is 0 Å². The average Bonchev–Trinajstić information content (AvgIpc) is 2.34. The van der Waals surface area contributed by atoms with Crippen molar-refractivity contribution >= 4 is 27.5 Å². The number of anilines is 1. The molecule has 0 spiro atoms. The van der Waals surface area contributed by atoms with Crippen LogP contribution in [0.4, 0.5) is 5.69 Å². The third-order valence-electron chi connectivity index (χ3n) is 2.61. The van der Waals surface area contributed by atoms with Crippen LogP contribution in [0.5, 0.6) is 0 Å². The van der Waals surface area contributed by atoms with Crippen LogP contribution in [0.3, 0.4) is 0 Å². The van der Waals surface area contributed by atoms with Gasteiger partial charge < -0.3 is 15.8 Å². The lowest BCUT2D eigenvalue weighted by atomic mass is 10.1. The molecule has 3 N–H and O–H groups in total. The number of nitrogens with two attached hydrogens (primary N) is 1. The highest BCUT2D eigenvalue weighted by molar-refractivity contribution is 9.10. The van der Waals surface area contributed by atoms with Gasteiger partial charge in [0.2, 0.25) is 0 Å². The molecule has 0 aliphatic rings. The second-order valence-electron chi connectivity index (χ2n) is 3.89. The molecule has 0 aliphatic heterocycles. The number of rotatable bonds is 5. The fourth-order valence-corrected chi connectivity index (χ4v) is 2.21. The van der Waals surface area contributed by atoms with E-state index in [0.29, 0.717) is 0 Å². The predicted octanol–water partition coefficient (Wildman–Crippen LogP) is 2.78. The van der Waals surface area contributed by atoms with Gasteiger partial charge in [0.15, 0.2) is 5.84 Å². The fraction of sp³-hybridized carbons (Fsp3) is 0.417. The Balaban J connectivity index is 3.10. The van der Waals surface area contributed by atoms with Gasteiger partial charge >= 0.3 is 0 Å². The lowest BCUT2D eigenvalue weighted by Gasteiger charge is -2.22. The zero-order valence-corrected chi connectivity index (χ0v) is 11.7. The van der Waals surface area contributed by atoms with Crippen molar-refractivity contribution < 1.29 is 5.21 Å². The number of hydrogen-bond acceptors (Lipinski definition) is 3. The van der Waals surface area contributed by atoms with Crippen LogP contribution in [-0.2, 0) is 0 Å². The second-order valence-corrected chi connectivity index (χ2v) is 4.75. The maximum atomic E-state index is 8.82. The SMILES string of the molecule is CCCCN(C)c1cccc(Br)c1/C(N)=N/O. The first-order chi connectivity index (χ1) is 8.11. The fourth-order valence-electron chi connectivity index (χ4n) is 1.65. The van der Waals surface area contributed by atoms with E-state index in [1.807, 2.05) is 25.2 Å². The summed E-state index contributed by atoms with van der Waals surface area (Å²) in [6.45, 7) is 3.10. The molecule has 0 bridgehead atoms. The second kappa shape index (κ2) is 6.49. The maximum Gasteiger partial charge on any atom is 0.173 e. The van der Waals surface area contributed by atoms with Crippen molar-refractivity contribution in [2.75, 3.05) is 18.5 Å². The molecule has 1 aromatic rings. The van der Waals surface area contributed by atoms with Crippen molar-refractivity contribution in [3.05, 3.63) is 28.2 Å². The maximum absolute atomic E-state index is 8.82. The van der Waals surface area contributed by atoms with Crippen LogP contribution in [0.25, 0.3) is 0 Å². The summed E-state index contributed by atoms with van der Waals surface area (Å²) >= 11 is 3.43. The molecule has 1 aromatic carbocycles. The molecule has 0 fully saturated rings. The highest BCUT2D eigenvalue weighted by Gasteiger charge is 2.13. The predicted molar refractivity (Wildman–Crippen MR) is 74.8 cm³/mol. The first kappa shape index (κ1) is 13.8. The van der Waals surface area contributed by atoms with Crippen LogP contribution in [0.15, 0.2) is 27.8 Å². The lowest BCUT2D eigenvalue weighted by molar-refractivity contribution is 0.318. The summed E-state index contributed by atoms with van der Waals surface area (Å²) in [6, 6.07) is 5.79. The normalized spacial score (nSPS) is 11.6. The molecule has 0 saturated carbocycles. The Kier molecular flexibility index (Phi) is 5.28. The number of halogens is 1. The first-order valence-corrected chi connectivity index (χ1v) is 6.38. The Bertz CT molecular complexity index is 407. The van der Waals surface area contributed by atoms with E-state index in [4.69, 9.17) is 10.9 Å². The minimum atomic E-state index is 0.121. The van der Waals surface area contributed by atoms with Gasteiger partial charge in [-0.1, -0.05) is 24.6 Å². The average molecular weight is 300 g/mol. The van der Waals surface area contributed by atoms with E-state index in [2.05, 4.69) is 32.9 Å². The number of benzene rings is 1. The molecule has 5 heteroatoms. The topological polar surface area (TPSA) is 61.8 Å². The molecule has 4 nitrogen and oxygen atoms in total. The van der Waals surface area contributed by atoms with Gasteiger partial charge in [-0.2, -0.15) is 0 Å². The van der Waals surface area contributed by atoms with Gasteiger partial charge in [-0.25, -0.2) is 0 Å². The van der Waals surface area contributed by atoms with Gasteiger partial charge in [0.05, 0.1) is 5.56 Å². The Hall–Kier alpha value is -1.23. The van der Waals surface area contributed by atoms with Crippen molar-refractivity contribution in [1.82, 2.24) is 0 Å². The van der Waals surface area contributed by atoms with Crippen LogP contribution < -0.4 is 10.6 Å². The summed E-state index contributed by atoms with van der Waals surface area (Å²) in [7, 11) is 2.01. The van der Waals surface area contributed by atoms with Gasteiger partial charge in [-0.3, -0.25) is 0 Å². The molecular formula is C12H18BrN3O. The molecule has 0 unspecified atom stereocenters. The Morgan fingerprint density at radius 1 is 1.53 bits per heavy atom. The molecule has 1 rings (SSSR count). The largest absolute Gasteiger partial charge is 0.409 e. The van der Waals surface area contributed by atoms with Gasteiger partial charge in [0, 0.05) is 23.8 Å². The number of hydrogen-bond donors (Lipinski definition) is 2. The number of amidine groups is 1. The quantitative estimate of drug-likeness (QED) is 0.380. The zero-order valence-electron chi connectivity index (χ0n) is 10.2. The smallest absolute Gasteiger partial charge is 0.173 e. The van der Waals surface area contributed by atoms with Gasteiger partial charge in [-0.05, 0) is 34.5 Å². The minimum Gasteiger partial charge on any atom is -0.409 e. The highest BCUT2D eigenvalue weighted by atomic mass is 79.9. The summed E-state index contributed by atoms with van der Waals surface area (Å²) < 4.78 is 0.827. The van der Waals surface area contributed by atoms with Gasteiger partial charge in [0.1, 0.15) is 0 Å². The lowest BCUT2D eigenvalue weighted by Crippen LogP contribution is -2.24. The van der Waals surface area contributed by atoms with Crippen LogP contribution >= 0.6 is 15.9 Å². The van der Waals surface area contributed by atoms with E-state index in [1.54, 1.807) is 0 Å². The summed E-state index contributed by atoms with van der Waals surface area (Å²) in [6.07, 6.45) is 2.25. The van der Waals surface area contributed by atoms with Crippen LogP contribution in [0.1, 0.15) is 25.3 Å². The third-order valence-corrected chi connectivity index (χ3v) is 3.27. The van der Waals surface area contributed by atoms with E-state index in [0.717, 1.165) is 35.1 Å². The number of oxime groups is 1. The van der Waals surface area contributed by atoms with Crippen LogP contribution in [0.2, 0.25) is 0 Å². The van der Waals surface area contributed by atoms with Crippen LogP contribution in [0, 0.1) is 0 Å². The van der Waals surface area contributed by atoms with E-state index >= 15 is 0 Å². The van der Waals surface area contributed by atoms with E-state index in [1.165, 1.54) is 0 Å². The summed E-state index contributed by atoms with van der Waals surface area (Å²) in [4.78, 5) is 2.11. The molecule has 0 amide bonds. The zero-order chi connectivity index (χ0) is 12.8. The van der Waals surface area contributed by atoms with Crippen molar-refractivity contribution in [3.63, 3.8) is 0 Å². The molecule has 0 saturated heterocycles. The molecule has 94 valence electrons. The van der Waals surface area contributed by atoms with E-state index < -0.39 is 0 Å². The Morgan fingerprint density at radius 2 is 2.24 bits per heavy atom. The number of nitrogens with zero attached hydrogens (tertiary/aromatic N) is 2. The molecule has 0 radical (unpaired) electrons. The molecule has 0 aromatic heterocycles. The van der Waals surface area contributed by atoms with Gasteiger partial charge in [-0.15, -0.1) is 0 Å². The Labute approximate surface area is 110 Å². The molecule has 0 heterocycles. The number of unbranched alkanes of at least 4 members (excludes halogenated alkanes) is 1. The monoisotopic (exact) mass is 299 g/mol. The van der Waals surface area contributed by atoms with Crippen molar-refractivity contribution in [2.45, 2.75) is 19.8 Å². The highest BCUT2D eigenvalue weighted by Crippen LogP contribution is 2.27. The summed E-state index contributed by atoms with van der Waals surface area (Å²) in [5.41, 5.74) is 7.40. The van der Waals surface area contributed by atoms with Crippen molar-refractivity contribution in [2.24, 2.45) is 10.9 Å². The van der Waals surface area contributed by atoms with Gasteiger partial charge in [0.25, 0.3) is 0 Å². The summed E-state index contributed by atoms with van der Waals surface area (Å²) in [5.74, 6) is 0.121. The molecule has 17 heavy (non-hydrogen) atoms. The molecule has 0 atom stereocenters. The molecular weight excluding hydrogens is 282 g/mol. The Morgan fingerprint density at radius 3 is 2.82 bits per heavy atom. The first-order valence-electron chi connectivity index (χ1n) is 5.59. The van der Waals surface area contributed by atoms with E-state index in [9.17, 15) is 0 Å². The third kappa shape index (κ3) is 3.36. The van der Waals surface area contributed by atoms with E-state index in [-0.39, 0.29) is 5.84 Å². The minimum absolute atomic E-state index is 0.121.